The van der Waals surface area contributed by atoms with Crippen LogP contribution in [0, 0.1) is 0 Å². The van der Waals surface area contributed by atoms with E-state index in [1.165, 1.54) is 0 Å². The lowest BCUT2D eigenvalue weighted by Gasteiger charge is -2.09. The average molecular weight is 267 g/mol. The molecule has 0 atom stereocenters. The highest BCUT2D eigenvalue weighted by Gasteiger charge is 2.30. The molecule has 0 aliphatic carbocycles. The van der Waals surface area contributed by atoms with Gasteiger partial charge in [-0.3, -0.25) is 4.98 Å². The summed E-state index contributed by atoms with van der Waals surface area (Å²) in [5.74, 6) is 0.221. The number of hydrogen-bond acceptors (Lipinski definition) is 3. The molecule has 6 heteroatoms. The predicted octanol–water partition coefficient (Wildman–Crippen LogP) is 3.15. The molecule has 2 aromatic rings. The minimum absolute atomic E-state index is 0.221. The Labute approximate surface area is 108 Å². The van der Waals surface area contributed by atoms with Gasteiger partial charge in [0.05, 0.1) is 5.56 Å². The average Bonchev–Trinajstić information content (AvgIpc) is 2.39. The second-order valence-electron chi connectivity index (χ2n) is 3.97. The third-order valence-corrected chi connectivity index (χ3v) is 2.53. The fraction of sp³-hybridized carbons (Fsp3) is 0.231. The van der Waals surface area contributed by atoms with Crippen LogP contribution in [0.5, 0.6) is 0 Å². The lowest BCUT2D eigenvalue weighted by molar-refractivity contribution is -0.137. The lowest BCUT2D eigenvalue weighted by Crippen LogP contribution is -2.09. The van der Waals surface area contributed by atoms with Gasteiger partial charge in [0.25, 0.3) is 0 Å². The first kappa shape index (κ1) is 13.3. The monoisotopic (exact) mass is 267 g/mol. The van der Waals surface area contributed by atoms with Gasteiger partial charge < -0.3 is 5.32 Å². The molecule has 2 rings (SSSR count). The maximum absolute atomic E-state index is 12.5. The molecule has 0 bridgehead atoms. The number of halogens is 3. The predicted molar refractivity (Wildman–Crippen MR) is 65.7 cm³/mol. The smallest absolute Gasteiger partial charge is 0.370 e. The van der Waals surface area contributed by atoms with Crippen LogP contribution in [-0.2, 0) is 12.6 Å². The normalized spacial score (nSPS) is 11.3. The van der Waals surface area contributed by atoms with Crippen LogP contribution in [0.3, 0.4) is 0 Å². The molecule has 0 spiro atoms. The molecule has 1 N–H and O–H groups in total. The van der Waals surface area contributed by atoms with Gasteiger partial charge in [0.1, 0.15) is 5.82 Å². The Morgan fingerprint density at radius 1 is 1.16 bits per heavy atom. The van der Waals surface area contributed by atoms with Crippen molar-refractivity contribution < 1.29 is 13.2 Å². The SMILES string of the molecule is FC(F)(F)c1ccnc(NCCc2cccnc2)c1. The first-order chi connectivity index (χ1) is 9.05. The lowest BCUT2D eigenvalue weighted by atomic mass is 10.2. The zero-order valence-corrected chi connectivity index (χ0v) is 9.98. The summed E-state index contributed by atoms with van der Waals surface area (Å²) >= 11 is 0. The quantitative estimate of drug-likeness (QED) is 0.924. The molecule has 3 nitrogen and oxygen atoms in total. The Morgan fingerprint density at radius 3 is 2.68 bits per heavy atom. The van der Waals surface area contributed by atoms with Crippen molar-refractivity contribution in [2.24, 2.45) is 0 Å². The molecule has 0 radical (unpaired) electrons. The van der Waals surface area contributed by atoms with E-state index in [0.29, 0.717) is 13.0 Å². The van der Waals surface area contributed by atoms with Crippen LogP contribution in [0.1, 0.15) is 11.1 Å². The summed E-state index contributed by atoms with van der Waals surface area (Å²) in [5.41, 5.74) is 0.313. The van der Waals surface area contributed by atoms with Crippen molar-refractivity contribution >= 4 is 5.82 Å². The molecule has 2 aromatic heterocycles. The van der Waals surface area contributed by atoms with E-state index in [4.69, 9.17) is 0 Å². The highest BCUT2D eigenvalue weighted by Crippen LogP contribution is 2.29. The molecule has 0 amide bonds. The van der Waals surface area contributed by atoms with Crippen LogP contribution in [0.4, 0.5) is 19.0 Å². The minimum atomic E-state index is -4.34. The van der Waals surface area contributed by atoms with Gasteiger partial charge in [0.2, 0.25) is 0 Å². The van der Waals surface area contributed by atoms with Gasteiger partial charge in [-0.15, -0.1) is 0 Å². The number of anilines is 1. The maximum Gasteiger partial charge on any atom is 0.416 e. The third-order valence-electron chi connectivity index (χ3n) is 2.53. The third kappa shape index (κ3) is 3.94. The summed E-state index contributed by atoms with van der Waals surface area (Å²) in [5, 5.41) is 2.87. The minimum Gasteiger partial charge on any atom is -0.370 e. The largest absolute Gasteiger partial charge is 0.416 e. The van der Waals surface area contributed by atoms with Crippen LogP contribution in [0.15, 0.2) is 42.9 Å². The summed E-state index contributed by atoms with van der Waals surface area (Å²) in [6.07, 6.45) is 0.871. The van der Waals surface area contributed by atoms with Gasteiger partial charge >= 0.3 is 6.18 Å². The van der Waals surface area contributed by atoms with Gasteiger partial charge in [0, 0.05) is 25.1 Å². The zero-order chi connectivity index (χ0) is 13.7. The van der Waals surface area contributed by atoms with Crippen LogP contribution >= 0.6 is 0 Å². The van der Waals surface area contributed by atoms with Crippen LogP contribution < -0.4 is 5.32 Å². The fourth-order valence-corrected chi connectivity index (χ4v) is 1.58. The Kier molecular flexibility index (Phi) is 3.99. The van der Waals surface area contributed by atoms with E-state index >= 15 is 0 Å². The molecule has 100 valence electrons. The number of nitrogens with one attached hydrogen (secondary N) is 1. The first-order valence-electron chi connectivity index (χ1n) is 5.72. The number of hydrogen-bond donors (Lipinski definition) is 1. The van der Waals surface area contributed by atoms with Crippen molar-refractivity contribution in [3.8, 4) is 0 Å². The second kappa shape index (κ2) is 5.69. The number of pyridine rings is 2. The van der Waals surface area contributed by atoms with Crippen molar-refractivity contribution in [1.29, 1.82) is 0 Å². The summed E-state index contributed by atoms with van der Waals surface area (Å²) in [6, 6.07) is 5.68. The van der Waals surface area contributed by atoms with E-state index in [0.717, 1.165) is 23.9 Å². The van der Waals surface area contributed by atoms with Crippen LogP contribution in [0.25, 0.3) is 0 Å². The number of alkyl halides is 3. The van der Waals surface area contributed by atoms with Gasteiger partial charge in [0.15, 0.2) is 0 Å². The summed E-state index contributed by atoms with van der Waals surface area (Å²) in [6.45, 7) is 0.500. The summed E-state index contributed by atoms with van der Waals surface area (Å²) < 4.78 is 37.5. The Bertz CT molecular complexity index is 526. The van der Waals surface area contributed by atoms with Crippen molar-refractivity contribution in [1.82, 2.24) is 9.97 Å². The Hall–Kier alpha value is -2.11. The fourth-order valence-electron chi connectivity index (χ4n) is 1.58. The highest BCUT2D eigenvalue weighted by atomic mass is 19.4. The van der Waals surface area contributed by atoms with E-state index in [2.05, 4.69) is 15.3 Å². The first-order valence-corrected chi connectivity index (χ1v) is 5.72. The zero-order valence-electron chi connectivity index (χ0n) is 9.98. The van der Waals surface area contributed by atoms with E-state index in [-0.39, 0.29) is 5.82 Å². The molecule has 2 heterocycles. The van der Waals surface area contributed by atoms with Crippen LogP contribution in [-0.4, -0.2) is 16.5 Å². The van der Waals surface area contributed by atoms with Gasteiger partial charge in [-0.1, -0.05) is 6.07 Å². The molecule has 19 heavy (non-hydrogen) atoms. The summed E-state index contributed by atoms with van der Waals surface area (Å²) in [7, 11) is 0. The molecular weight excluding hydrogens is 255 g/mol. The molecule has 0 aromatic carbocycles. The van der Waals surface area contributed by atoms with Gasteiger partial charge in [-0.2, -0.15) is 13.2 Å². The van der Waals surface area contributed by atoms with Gasteiger partial charge in [-0.25, -0.2) is 4.98 Å². The standard InChI is InChI=1S/C13H12F3N3/c14-13(15,16)11-4-7-19-12(8-11)18-6-3-10-2-1-5-17-9-10/h1-2,4-5,7-9H,3,6H2,(H,18,19). The van der Waals surface area contributed by atoms with Gasteiger partial charge in [-0.05, 0) is 30.2 Å². The molecule has 0 aliphatic rings. The molecule has 0 aliphatic heterocycles. The molecule has 0 saturated heterocycles. The van der Waals surface area contributed by atoms with Crippen molar-refractivity contribution in [2.45, 2.75) is 12.6 Å². The van der Waals surface area contributed by atoms with Crippen LogP contribution in [0.2, 0.25) is 0 Å². The van der Waals surface area contributed by atoms with Crippen molar-refractivity contribution in [3.63, 3.8) is 0 Å². The molecular formula is C13H12F3N3. The van der Waals surface area contributed by atoms with Crippen molar-refractivity contribution in [2.75, 3.05) is 11.9 Å². The number of rotatable bonds is 4. The number of nitrogens with zero attached hydrogens (tertiary/aromatic N) is 2. The van der Waals surface area contributed by atoms with E-state index < -0.39 is 11.7 Å². The molecule has 0 saturated carbocycles. The van der Waals surface area contributed by atoms with E-state index in [1.807, 2.05) is 12.1 Å². The topological polar surface area (TPSA) is 37.8 Å². The summed E-state index contributed by atoms with van der Waals surface area (Å²) in [4.78, 5) is 7.82. The number of aromatic nitrogens is 2. The van der Waals surface area contributed by atoms with Crippen molar-refractivity contribution in [3.05, 3.63) is 54.0 Å². The maximum atomic E-state index is 12.5. The molecule has 0 fully saturated rings. The van der Waals surface area contributed by atoms with E-state index in [1.54, 1.807) is 12.4 Å². The highest BCUT2D eigenvalue weighted by molar-refractivity contribution is 5.38. The Morgan fingerprint density at radius 2 is 2.00 bits per heavy atom. The Balaban J connectivity index is 1.93. The molecule has 0 unspecified atom stereocenters. The van der Waals surface area contributed by atoms with E-state index in [9.17, 15) is 13.2 Å². The second-order valence-corrected chi connectivity index (χ2v) is 3.97.